The van der Waals surface area contributed by atoms with E-state index < -0.39 is 5.82 Å². The third-order valence-corrected chi connectivity index (χ3v) is 2.93. The molecule has 0 aliphatic rings. The first-order valence-corrected chi connectivity index (χ1v) is 6.04. The highest BCUT2D eigenvalue weighted by Gasteiger charge is 2.06. The van der Waals surface area contributed by atoms with Crippen molar-refractivity contribution in [2.45, 2.75) is 6.54 Å². The van der Waals surface area contributed by atoms with Crippen LogP contribution >= 0.6 is 0 Å². The molecule has 0 atom stereocenters. The number of rotatable bonds is 3. The Hall–Kier alpha value is -3.36. The van der Waals surface area contributed by atoms with Gasteiger partial charge in [0, 0.05) is 12.2 Å². The zero-order valence-electron chi connectivity index (χ0n) is 10.9. The predicted octanol–water partition coefficient (Wildman–Crippen LogP) is 3.05. The summed E-state index contributed by atoms with van der Waals surface area (Å²) in [6, 6.07) is 14.6. The number of nitriles is 3. The molecule has 0 bridgehead atoms. The molecule has 2 aromatic rings. The molecule has 2 rings (SSSR count). The summed E-state index contributed by atoms with van der Waals surface area (Å²) in [6.45, 7) is 0.247. The minimum Gasteiger partial charge on any atom is -0.381 e. The van der Waals surface area contributed by atoms with Crippen LogP contribution in [0.3, 0.4) is 0 Å². The van der Waals surface area contributed by atoms with Gasteiger partial charge in [-0.1, -0.05) is 0 Å². The molecule has 0 radical (unpaired) electrons. The summed E-state index contributed by atoms with van der Waals surface area (Å²) in [4.78, 5) is 0. The van der Waals surface area contributed by atoms with E-state index >= 15 is 0 Å². The maximum absolute atomic E-state index is 13.2. The Bertz CT molecular complexity index is 806. The quantitative estimate of drug-likeness (QED) is 0.933. The van der Waals surface area contributed by atoms with Gasteiger partial charge >= 0.3 is 0 Å². The van der Waals surface area contributed by atoms with E-state index in [1.165, 1.54) is 24.3 Å². The molecule has 4 nitrogen and oxygen atoms in total. The normalized spacial score (nSPS) is 9.24. The molecular weight excluding hydrogens is 267 g/mol. The van der Waals surface area contributed by atoms with E-state index in [0.717, 1.165) is 0 Å². The van der Waals surface area contributed by atoms with Crippen LogP contribution in [-0.4, -0.2) is 0 Å². The summed E-state index contributed by atoms with van der Waals surface area (Å²) in [5.41, 5.74) is 2.10. The fourth-order valence-electron chi connectivity index (χ4n) is 1.86. The second-order valence-corrected chi connectivity index (χ2v) is 4.25. The lowest BCUT2D eigenvalue weighted by atomic mass is 10.1. The van der Waals surface area contributed by atoms with Crippen LogP contribution in [0.2, 0.25) is 0 Å². The Balaban J connectivity index is 2.22. The van der Waals surface area contributed by atoms with E-state index in [4.69, 9.17) is 15.8 Å². The van der Waals surface area contributed by atoms with Crippen molar-refractivity contribution in [2.24, 2.45) is 0 Å². The van der Waals surface area contributed by atoms with Gasteiger partial charge in [-0.25, -0.2) is 4.39 Å². The van der Waals surface area contributed by atoms with Gasteiger partial charge in [-0.2, -0.15) is 15.8 Å². The lowest BCUT2D eigenvalue weighted by Crippen LogP contribution is -2.03. The summed E-state index contributed by atoms with van der Waals surface area (Å²) in [5, 5.41) is 29.8. The molecule has 0 amide bonds. The molecule has 0 heterocycles. The van der Waals surface area contributed by atoms with Gasteiger partial charge in [0.2, 0.25) is 0 Å². The molecule has 0 fully saturated rings. The minimum absolute atomic E-state index is 0.247. The number of nitrogens with one attached hydrogen (secondary N) is 1. The molecule has 2 aromatic carbocycles. The van der Waals surface area contributed by atoms with Gasteiger partial charge in [0.25, 0.3) is 0 Å². The topological polar surface area (TPSA) is 83.4 Å². The molecule has 0 saturated heterocycles. The molecule has 1 N–H and O–H groups in total. The summed E-state index contributed by atoms with van der Waals surface area (Å²) in [7, 11) is 0. The molecule has 0 aromatic heterocycles. The largest absolute Gasteiger partial charge is 0.381 e. The first-order chi connectivity index (χ1) is 10.2. The lowest BCUT2D eigenvalue weighted by Gasteiger charge is -2.09. The maximum Gasteiger partial charge on any atom is 0.123 e. The van der Waals surface area contributed by atoms with Crippen molar-refractivity contribution in [3.63, 3.8) is 0 Å². The van der Waals surface area contributed by atoms with E-state index in [2.05, 4.69) is 5.32 Å². The Morgan fingerprint density at radius 2 is 1.52 bits per heavy atom. The van der Waals surface area contributed by atoms with Crippen LogP contribution < -0.4 is 5.32 Å². The van der Waals surface area contributed by atoms with Crippen LogP contribution in [0.25, 0.3) is 0 Å². The van der Waals surface area contributed by atoms with Crippen molar-refractivity contribution in [3.8, 4) is 18.2 Å². The number of hydrogen-bond acceptors (Lipinski definition) is 4. The fourth-order valence-corrected chi connectivity index (χ4v) is 1.86. The van der Waals surface area contributed by atoms with Crippen molar-refractivity contribution < 1.29 is 4.39 Å². The highest BCUT2D eigenvalue weighted by Crippen LogP contribution is 2.17. The predicted molar refractivity (Wildman–Crippen MR) is 74.3 cm³/mol. The summed E-state index contributed by atoms with van der Waals surface area (Å²) >= 11 is 0. The van der Waals surface area contributed by atoms with Gasteiger partial charge in [0.15, 0.2) is 0 Å². The van der Waals surface area contributed by atoms with Crippen molar-refractivity contribution in [2.75, 3.05) is 5.32 Å². The van der Waals surface area contributed by atoms with E-state index in [0.29, 0.717) is 22.4 Å². The van der Waals surface area contributed by atoms with Crippen LogP contribution in [0.1, 0.15) is 22.3 Å². The Morgan fingerprint density at radius 3 is 2.19 bits per heavy atom. The highest BCUT2D eigenvalue weighted by atomic mass is 19.1. The Labute approximate surface area is 121 Å². The van der Waals surface area contributed by atoms with Crippen molar-refractivity contribution in [1.29, 1.82) is 15.8 Å². The van der Waals surface area contributed by atoms with Gasteiger partial charge in [-0.3, -0.25) is 0 Å². The molecule has 5 heteroatoms. The van der Waals surface area contributed by atoms with Crippen molar-refractivity contribution in [1.82, 2.24) is 0 Å². The van der Waals surface area contributed by atoms with Crippen LogP contribution in [0, 0.1) is 39.8 Å². The monoisotopic (exact) mass is 276 g/mol. The van der Waals surface area contributed by atoms with E-state index in [1.807, 2.05) is 18.2 Å². The number of hydrogen-bond donors (Lipinski definition) is 1. The first kappa shape index (κ1) is 14.1. The number of benzene rings is 2. The zero-order chi connectivity index (χ0) is 15.2. The Morgan fingerprint density at radius 1 is 0.857 bits per heavy atom. The lowest BCUT2D eigenvalue weighted by molar-refractivity contribution is 0.625. The van der Waals surface area contributed by atoms with Gasteiger partial charge in [-0.05, 0) is 42.0 Å². The molecular formula is C16H9FN4. The fraction of sp³-hybridized carbons (Fsp3) is 0.0625. The van der Waals surface area contributed by atoms with Gasteiger partial charge < -0.3 is 5.32 Å². The standard InChI is InChI=1S/C16H9FN4/c17-15-3-1-12(8-19)14(5-15)10-21-16-4-2-11(7-18)13(6-16)9-20/h1-6,21H,10H2. The van der Waals surface area contributed by atoms with Crippen molar-refractivity contribution >= 4 is 5.69 Å². The average molecular weight is 276 g/mol. The Kier molecular flexibility index (Phi) is 4.14. The highest BCUT2D eigenvalue weighted by molar-refractivity contribution is 5.56. The van der Waals surface area contributed by atoms with Crippen molar-refractivity contribution in [3.05, 3.63) is 64.5 Å². The molecule has 0 aliphatic heterocycles. The number of anilines is 1. The molecule has 0 saturated carbocycles. The second-order valence-electron chi connectivity index (χ2n) is 4.25. The minimum atomic E-state index is -0.414. The van der Waals surface area contributed by atoms with E-state index in [9.17, 15) is 4.39 Å². The average Bonchev–Trinajstić information content (AvgIpc) is 2.52. The van der Waals surface area contributed by atoms with E-state index in [1.54, 1.807) is 12.1 Å². The number of nitrogens with zero attached hydrogens (tertiary/aromatic N) is 3. The summed E-state index contributed by atoms with van der Waals surface area (Å²) < 4.78 is 13.2. The molecule has 0 unspecified atom stereocenters. The van der Waals surface area contributed by atoms with Crippen LogP contribution in [0.5, 0.6) is 0 Å². The molecule has 0 aliphatic carbocycles. The van der Waals surface area contributed by atoms with Crippen LogP contribution in [0.15, 0.2) is 36.4 Å². The summed E-state index contributed by atoms with van der Waals surface area (Å²) in [5.74, 6) is -0.414. The van der Waals surface area contributed by atoms with Gasteiger partial charge in [-0.15, -0.1) is 0 Å². The number of halogens is 1. The SMILES string of the molecule is N#Cc1ccc(NCc2cc(F)ccc2C#N)cc1C#N. The van der Waals surface area contributed by atoms with Crippen LogP contribution in [-0.2, 0) is 6.54 Å². The first-order valence-electron chi connectivity index (χ1n) is 6.04. The second kappa shape index (κ2) is 6.19. The smallest absolute Gasteiger partial charge is 0.123 e. The summed E-state index contributed by atoms with van der Waals surface area (Å²) in [6.07, 6.45) is 0. The molecule has 0 spiro atoms. The molecule has 21 heavy (non-hydrogen) atoms. The molecule has 100 valence electrons. The maximum atomic E-state index is 13.2. The van der Waals surface area contributed by atoms with E-state index in [-0.39, 0.29) is 12.1 Å². The van der Waals surface area contributed by atoms with Crippen LogP contribution in [0.4, 0.5) is 10.1 Å². The third-order valence-electron chi connectivity index (χ3n) is 2.93. The zero-order valence-corrected chi connectivity index (χ0v) is 10.9. The third kappa shape index (κ3) is 3.15. The van der Waals surface area contributed by atoms with Gasteiger partial charge in [0.05, 0.1) is 22.8 Å². The van der Waals surface area contributed by atoms with Gasteiger partial charge in [0.1, 0.15) is 18.0 Å².